The highest BCUT2D eigenvalue weighted by Gasteiger charge is 2.26. The number of benzene rings is 1. The van der Waals surface area contributed by atoms with Gasteiger partial charge in [-0.2, -0.15) is 0 Å². The molecule has 2 aliphatic rings. The third-order valence-corrected chi connectivity index (χ3v) is 5.92. The molecule has 4 rings (SSSR count). The Morgan fingerprint density at radius 2 is 1.96 bits per heavy atom. The first-order valence-electron chi connectivity index (χ1n) is 9.98. The molecule has 0 unspecified atom stereocenters. The van der Waals surface area contributed by atoms with Crippen molar-refractivity contribution in [2.24, 2.45) is 11.8 Å². The number of hydrogen-bond acceptors (Lipinski definition) is 3. The van der Waals surface area contributed by atoms with Crippen LogP contribution in [0.2, 0.25) is 0 Å². The molecule has 0 radical (unpaired) electrons. The largest absolute Gasteiger partial charge is 0.381 e. The molecule has 4 heteroatoms. The van der Waals surface area contributed by atoms with Crippen LogP contribution in [0.3, 0.4) is 0 Å². The van der Waals surface area contributed by atoms with Gasteiger partial charge in [0.2, 0.25) is 5.91 Å². The van der Waals surface area contributed by atoms with Crippen LogP contribution in [-0.4, -0.2) is 42.1 Å². The molecular weight excluding hydrogens is 324 g/mol. The van der Waals surface area contributed by atoms with Crippen molar-refractivity contribution in [1.29, 1.82) is 0 Å². The topological polar surface area (TPSA) is 42.4 Å². The number of carbonyl (C=O) groups excluding carboxylic acids is 1. The minimum absolute atomic E-state index is 0.348. The van der Waals surface area contributed by atoms with Crippen molar-refractivity contribution >= 4 is 16.8 Å². The number of ether oxygens (including phenoxy) is 1. The summed E-state index contributed by atoms with van der Waals surface area (Å²) < 4.78 is 5.42. The number of amides is 1. The second-order valence-electron chi connectivity index (χ2n) is 7.80. The standard InChI is InChI=1S/C22H28N2O2/c25-22(15-17-8-12-26-13-9-17)24-11-3-4-18(16-24)14-19-7-10-23-21-6-2-1-5-20(19)21/h1-2,5-7,10,17-18H,3-4,8-9,11-16H2/t18-/m1/s1. The van der Waals surface area contributed by atoms with Gasteiger partial charge in [0.15, 0.2) is 0 Å². The lowest BCUT2D eigenvalue weighted by molar-refractivity contribution is -0.134. The fraction of sp³-hybridized carbons (Fsp3) is 0.545. The van der Waals surface area contributed by atoms with Gasteiger partial charge in [-0.15, -0.1) is 0 Å². The van der Waals surface area contributed by atoms with Gasteiger partial charge in [0, 0.05) is 44.3 Å². The zero-order valence-corrected chi connectivity index (χ0v) is 15.4. The number of para-hydroxylation sites is 1. The Hall–Kier alpha value is -1.94. The smallest absolute Gasteiger partial charge is 0.222 e. The van der Waals surface area contributed by atoms with E-state index in [-0.39, 0.29) is 0 Å². The molecule has 26 heavy (non-hydrogen) atoms. The predicted molar refractivity (Wildman–Crippen MR) is 103 cm³/mol. The van der Waals surface area contributed by atoms with Crippen LogP contribution in [0.4, 0.5) is 0 Å². The van der Waals surface area contributed by atoms with Gasteiger partial charge in [0.25, 0.3) is 0 Å². The Balaban J connectivity index is 1.39. The summed E-state index contributed by atoms with van der Waals surface area (Å²) in [6.45, 7) is 3.46. The van der Waals surface area contributed by atoms with Crippen LogP contribution in [0, 0.1) is 11.8 Å². The fourth-order valence-electron chi connectivity index (χ4n) is 4.43. The molecule has 1 atom stereocenters. The van der Waals surface area contributed by atoms with E-state index in [2.05, 4.69) is 34.1 Å². The lowest BCUT2D eigenvalue weighted by Crippen LogP contribution is -2.41. The maximum Gasteiger partial charge on any atom is 0.222 e. The monoisotopic (exact) mass is 352 g/mol. The summed E-state index contributed by atoms with van der Waals surface area (Å²) in [4.78, 5) is 19.3. The minimum atomic E-state index is 0.348. The molecule has 0 spiro atoms. The molecule has 0 N–H and O–H groups in total. The summed E-state index contributed by atoms with van der Waals surface area (Å²) >= 11 is 0. The Bertz CT molecular complexity index is 749. The molecule has 0 aliphatic carbocycles. The molecule has 3 heterocycles. The average Bonchev–Trinajstić information content (AvgIpc) is 2.69. The Labute approximate surface area is 155 Å². The first-order valence-corrected chi connectivity index (χ1v) is 9.98. The minimum Gasteiger partial charge on any atom is -0.381 e. The number of aromatic nitrogens is 1. The number of carbonyl (C=O) groups is 1. The van der Waals surface area contributed by atoms with Crippen molar-refractivity contribution in [2.45, 2.75) is 38.5 Å². The number of fused-ring (bicyclic) bond motifs is 1. The molecule has 1 aromatic carbocycles. The van der Waals surface area contributed by atoms with E-state index in [4.69, 9.17) is 4.74 Å². The summed E-state index contributed by atoms with van der Waals surface area (Å²) in [6, 6.07) is 10.5. The van der Waals surface area contributed by atoms with E-state index < -0.39 is 0 Å². The van der Waals surface area contributed by atoms with Gasteiger partial charge < -0.3 is 9.64 Å². The van der Waals surface area contributed by atoms with Crippen molar-refractivity contribution < 1.29 is 9.53 Å². The summed E-state index contributed by atoms with van der Waals surface area (Å²) in [5.41, 5.74) is 2.42. The molecule has 0 saturated carbocycles. The highest BCUT2D eigenvalue weighted by molar-refractivity contribution is 5.81. The summed E-state index contributed by atoms with van der Waals surface area (Å²) in [5, 5.41) is 1.25. The summed E-state index contributed by atoms with van der Waals surface area (Å²) in [6.07, 6.45) is 8.04. The average molecular weight is 352 g/mol. The molecule has 0 bridgehead atoms. The van der Waals surface area contributed by atoms with Crippen LogP contribution in [-0.2, 0) is 16.0 Å². The van der Waals surface area contributed by atoms with Crippen molar-refractivity contribution in [1.82, 2.24) is 9.88 Å². The van der Waals surface area contributed by atoms with Gasteiger partial charge >= 0.3 is 0 Å². The van der Waals surface area contributed by atoms with Gasteiger partial charge in [-0.25, -0.2) is 0 Å². The molecule has 2 aliphatic heterocycles. The molecular formula is C22H28N2O2. The number of rotatable bonds is 4. The maximum absolute atomic E-state index is 12.8. The van der Waals surface area contributed by atoms with E-state index in [1.165, 1.54) is 17.4 Å². The molecule has 138 valence electrons. The quantitative estimate of drug-likeness (QED) is 0.840. The molecule has 1 aromatic heterocycles. The van der Waals surface area contributed by atoms with Crippen LogP contribution < -0.4 is 0 Å². The first-order chi connectivity index (χ1) is 12.8. The van der Waals surface area contributed by atoms with Crippen LogP contribution >= 0.6 is 0 Å². The SMILES string of the molecule is O=C(CC1CCOCC1)N1CCC[C@H](Cc2ccnc3ccccc23)C1. The normalized spacial score (nSPS) is 21.8. The fourth-order valence-corrected chi connectivity index (χ4v) is 4.43. The van der Waals surface area contributed by atoms with E-state index in [1.54, 1.807) is 0 Å². The third kappa shape index (κ3) is 4.07. The van der Waals surface area contributed by atoms with Gasteiger partial charge in [0.1, 0.15) is 0 Å². The van der Waals surface area contributed by atoms with Crippen molar-refractivity contribution in [3.63, 3.8) is 0 Å². The zero-order chi connectivity index (χ0) is 17.8. The second kappa shape index (κ2) is 8.17. The Kier molecular flexibility index (Phi) is 5.49. The molecule has 2 saturated heterocycles. The van der Waals surface area contributed by atoms with Crippen LogP contribution in [0.5, 0.6) is 0 Å². The van der Waals surface area contributed by atoms with Gasteiger partial charge in [-0.1, -0.05) is 18.2 Å². The van der Waals surface area contributed by atoms with E-state index in [1.807, 2.05) is 12.3 Å². The zero-order valence-electron chi connectivity index (χ0n) is 15.4. The number of pyridine rings is 1. The molecule has 2 fully saturated rings. The number of piperidine rings is 1. The second-order valence-corrected chi connectivity index (χ2v) is 7.80. The summed E-state index contributed by atoms with van der Waals surface area (Å²) in [7, 11) is 0. The number of nitrogens with zero attached hydrogens (tertiary/aromatic N) is 2. The summed E-state index contributed by atoms with van der Waals surface area (Å²) in [5.74, 6) is 1.41. The lowest BCUT2D eigenvalue weighted by Gasteiger charge is -2.34. The van der Waals surface area contributed by atoms with Crippen molar-refractivity contribution in [2.75, 3.05) is 26.3 Å². The lowest BCUT2D eigenvalue weighted by atomic mass is 9.89. The predicted octanol–water partition coefficient (Wildman–Crippen LogP) is 3.83. The highest BCUT2D eigenvalue weighted by Crippen LogP contribution is 2.26. The van der Waals surface area contributed by atoms with Crippen LogP contribution in [0.1, 0.15) is 37.7 Å². The highest BCUT2D eigenvalue weighted by atomic mass is 16.5. The Morgan fingerprint density at radius 1 is 1.12 bits per heavy atom. The first kappa shape index (κ1) is 17.5. The van der Waals surface area contributed by atoms with Crippen molar-refractivity contribution in [3.05, 3.63) is 42.1 Å². The number of likely N-dealkylation sites (tertiary alicyclic amines) is 1. The van der Waals surface area contributed by atoms with E-state index >= 15 is 0 Å². The number of hydrogen-bond donors (Lipinski definition) is 0. The molecule has 2 aromatic rings. The van der Waals surface area contributed by atoms with Crippen molar-refractivity contribution in [3.8, 4) is 0 Å². The molecule has 1 amide bonds. The van der Waals surface area contributed by atoms with Gasteiger partial charge in [-0.05, 0) is 61.6 Å². The van der Waals surface area contributed by atoms with Crippen LogP contribution in [0.15, 0.2) is 36.5 Å². The Morgan fingerprint density at radius 3 is 2.85 bits per heavy atom. The third-order valence-electron chi connectivity index (χ3n) is 5.92. The van der Waals surface area contributed by atoms with Crippen LogP contribution in [0.25, 0.3) is 10.9 Å². The van der Waals surface area contributed by atoms with Gasteiger partial charge in [-0.3, -0.25) is 9.78 Å². The molecule has 4 nitrogen and oxygen atoms in total. The maximum atomic E-state index is 12.8. The van der Waals surface area contributed by atoms with E-state index in [9.17, 15) is 4.79 Å². The van der Waals surface area contributed by atoms with Gasteiger partial charge in [0.05, 0.1) is 5.52 Å². The van der Waals surface area contributed by atoms with E-state index in [0.29, 0.717) is 24.2 Å². The van der Waals surface area contributed by atoms with E-state index in [0.717, 1.165) is 57.5 Å².